The van der Waals surface area contributed by atoms with Crippen LogP contribution in [0.15, 0.2) is 84.0 Å². The van der Waals surface area contributed by atoms with Crippen molar-refractivity contribution in [2.45, 2.75) is 64.2 Å². The van der Waals surface area contributed by atoms with Crippen molar-refractivity contribution in [3.8, 4) is 0 Å². The number of hydrogen-bond donors (Lipinski definition) is 0. The van der Waals surface area contributed by atoms with Crippen LogP contribution in [0.2, 0.25) is 0 Å². The van der Waals surface area contributed by atoms with Gasteiger partial charge in [-0.05, 0) is 96.2 Å². The zero-order valence-corrected chi connectivity index (χ0v) is 19.7. The summed E-state index contributed by atoms with van der Waals surface area (Å²) in [6.07, 6.45) is 29.2. The lowest BCUT2D eigenvalue weighted by atomic mass is 9.87. The second-order valence-electron chi connectivity index (χ2n) is 10.3. The summed E-state index contributed by atoms with van der Waals surface area (Å²) in [7, 11) is 0. The molecule has 0 amide bonds. The first-order valence-corrected chi connectivity index (χ1v) is 13.0. The Morgan fingerprint density at radius 1 is 0.788 bits per heavy atom. The van der Waals surface area contributed by atoms with E-state index in [-0.39, 0.29) is 0 Å². The van der Waals surface area contributed by atoms with Crippen molar-refractivity contribution >= 4 is 11.6 Å². The number of hydrogen-bond acceptors (Lipinski definition) is 0. The third-order valence-corrected chi connectivity index (χ3v) is 7.91. The van der Waals surface area contributed by atoms with Gasteiger partial charge in [0, 0.05) is 0 Å². The Morgan fingerprint density at radius 2 is 1.67 bits per heavy atom. The number of benzene rings is 2. The van der Waals surface area contributed by atoms with Gasteiger partial charge < -0.3 is 0 Å². The predicted octanol–water partition coefficient (Wildman–Crippen LogP) is 8.57. The Kier molecular flexibility index (Phi) is 5.76. The number of allylic oxidation sites excluding steroid dienone is 9. The van der Waals surface area contributed by atoms with Crippen molar-refractivity contribution in [2.75, 3.05) is 0 Å². The quantitative estimate of drug-likeness (QED) is 0.392. The normalized spacial score (nSPS) is 21.9. The van der Waals surface area contributed by atoms with Crippen LogP contribution in [-0.2, 0) is 19.3 Å². The molecule has 6 bridgehead atoms. The van der Waals surface area contributed by atoms with E-state index in [1.54, 1.807) is 16.7 Å². The molecule has 4 aliphatic carbocycles. The van der Waals surface area contributed by atoms with Crippen molar-refractivity contribution in [3.63, 3.8) is 0 Å². The van der Waals surface area contributed by atoms with Gasteiger partial charge in [-0.1, -0.05) is 103 Å². The molecule has 2 aromatic carbocycles. The highest BCUT2D eigenvalue weighted by Crippen LogP contribution is 2.34. The highest BCUT2D eigenvalue weighted by atomic mass is 14.2. The van der Waals surface area contributed by atoms with Crippen LogP contribution in [0.1, 0.15) is 78.3 Å². The molecule has 1 atom stereocenters. The fourth-order valence-electron chi connectivity index (χ4n) is 6.09. The maximum absolute atomic E-state index is 2.55. The molecule has 0 heteroatoms. The van der Waals surface area contributed by atoms with Gasteiger partial charge in [0.05, 0.1) is 0 Å². The van der Waals surface area contributed by atoms with Gasteiger partial charge in [0.25, 0.3) is 0 Å². The van der Waals surface area contributed by atoms with Crippen molar-refractivity contribution in [2.24, 2.45) is 5.92 Å². The summed E-state index contributed by atoms with van der Waals surface area (Å²) >= 11 is 0. The monoisotopic (exact) mass is 430 g/mol. The molecule has 0 nitrogen and oxygen atoms in total. The van der Waals surface area contributed by atoms with Crippen molar-refractivity contribution in [3.05, 3.63) is 117 Å². The zero-order valence-electron chi connectivity index (χ0n) is 19.7. The van der Waals surface area contributed by atoms with Gasteiger partial charge in [0.2, 0.25) is 0 Å². The van der Waals surface area contributed by atoms with E-state index < -0.39 is 0 Å². The zero-order chi connectivity index (χ0) is 22.0. The maximum atomic E-state index is 2.55. The van der Waals surface area contributed by atoms with E-state index in [9.17, 15) is 0 Å². The lowest BCUT2D eigenvalue weighted by molar-refractivity contribution is 0.642. The minimum absolute atomic E-state index is 0.542. The van der Waals surface area contributed by atoms with Crippen LogP contribution in [0.4, 0.5) is 0 Å². The van der Waals surface area contributed by atoms with E-state index >= 15 is 0 Å². The van der Waals surface area contributed by atoms with E-state index in [0.717, 1.165) is 25.7 Å². The molecular weight excluding hydrogens is 396 g/mol. The Bertz CT molecular complexity index is 1210. The Labute approximate surface area is 199 Å². The second kappa shape index (κ2) is 9.18. The molecule has 0 saturated carbocycles. The molecule has 0 N–H and O–H groups in total. The van der Waals surface area contributed by atoms with Gasteiger partial charge in [-0.2, -0.15) is 0 Å². The van der Waals surface area contributed by atoms with Gasteiger partial charge in [-0.25, -0.2) is 0 Å². The molecule has 6 rings (SSSR count). The summed E-state index contributed by atoms with van der Waals surface area (Å²) in [5.41, 5.74) is 13.5. The molecular formula is C33H34. The first-order valence-electron chi connectivity index (χ1n) is 13.0. The molecule has 0 aliphatic heterocycles. The van der Waals surface area contributed by atoms with Gasteiger partial charge >= 0.3 is 0 Å². The molecule has 33 heavy (non-hydrogen) atoms. The average Bonchev–Trinajstić information content (AvgIpc) is 3.58. The van der Waals surface area contributed by atoms with Gasteiger partial charge in [-0.15, -0.1) is 0 Å². The van der Waals surface area contributed by atoms with Crippen LogP contribution in [0.3, 0.4) is 0 Å². The summed E-state index contributed by atoms with van der Waals surface area (Å²) in [5.74, 6) is 0.542. The minimum atomic E-state index is 0.542. The van der Waals surface area contributed by atoms with E-state index in [1.807, 2.05) is 0 Å². The summed E-state index contributed by atoms with van der Waals surface area (Å²) in [5, 5.41) is 0. The predicted molar refractivity (Wildman–Crippen MR) is 141 cm³/mol. The molecule has 0 saturated heterocycles. The summed E-state index contributed by atoms with van der Waals surface area (Å²) in [6.45, 7) is 0. The third kappa shape index (κ3) is 4.49. The van der Waals surface area contributed by atoms with Crippen LogP contribution in [0, 0.1) is 5.92 Å². The standard InChI is InChI=1S/C33H34/c1-2-4-8-25-15-16-30(20-25)29-11-5-9-26(21-29)22-31-18-17-28-10-6-12-32(28)33(31)23-27-14-13-24(19-27)7-3-1/h5-6,9,11-15,17-21,27H,1-4,7-8,10,16,22-23H2. The highest BCUT2D eigenvalue weighted by Gasteiger charge is 2.19. The Hall–Kier alpha value is -2.86. The summed E-state index contributed by atoms with van der Waals surface area (Å²) in [4.78, 5) is 0. The average molecular weight is 431 g/mol. The molecule has 0 heterocycles. The van der Waals surface area contributed by atoms with Crippen LogP contribution in [0.25, 0.3) is 11.6 Å². The van der Waals surface area contributed by atoms with Gasteiger partial charge in [0.1, 0.15) is 0 Å². The first-order chi connectivity index (χ1) is 16.3. The Balaban J connectivity index is 1.36. The van der Waals surface area contributed by atoms with Crippen LogP contribution >= 0.6 is 0 Å². The molecule has 4 aliphatic rings. The maximum Gasteiger partial charge on any atom is -0.000371 e. The topological polar surface area (TPSA) is 0 Å². The highest BCUT2D eigenvalue weighted by molar-refractivity contribution is 5.73. The van der Waals surface area contributed by atoms with E-state index in [4.69, 9.17) is 0 Å². The van der Waals surface area contributed by atoms with E-state index in [2.05, 4.69) is 78.9 Å². The third-order valence-electron chi connectivity index (χ3n) is 7.91. The molecule has 0 fully saturated rings. The SMILES string of the molecule is C1=Cc2c(ccc3c2CC2C=CC(=C2)CCCCCCC2=CCC(=C2)c2cccc(c2)C3)C1. The fraction of sp³-hybridized carbons (Fsp3) is 0.333. The summed E-state index contributed by atoms with van der Waals surface area (Å²) < 4.78 is 0. The van der Waals surface area contributed by atoms with E-state index in [0.29, 0.717) is 5.92 Å². The molecule has 0 aromatic heterocycles. The summed E-state index contributed by atoms with van der Waals surface area (Å²) in [6, 6.07) is 14.1. The second-order valence-corrected chi connectivity index (χ2v) is 10.3. The van der Waals surface area contributed by atoms with Crippen molar-refractivity contribution in [1.82, 2.24) is 0 Å². The smallest absolute Gasteiger partial charge is 0.000371 e. The van der Waals surface area contributed by atoms with Crippen LogP contribution in [-0.4, -0.2) is 0 Å². The number of rotatable bonds is 0. The Morgan fingerprint density at radius 3 is 2.61 bits per heavy atom. The van der Waals surface area contributed by atoms with Crippen LogP contribution in [0.5, 0.6) is 0 Å². The fourth-order valence-corrected chi connectivity index (χ4v) is 6.09. The van der Waals surface area contributed by atoms with Crippen LogP contribution < -0.4 is 0 Å². The van der Waals surface area contributed by atoms with Gasteiger partial charge in [-0.3, -0.25) is 0 Å². The minimum Gasteiger partial charge on any atom is -0.0795 e. The molecule has 0 spiro atoms. The largest absolute Gasteiger partial charge is 0.0795 e. The molecule has 0 radical (unpaired) electrons. The molecule has 166 valence electrons. The van der Waals surface area contributed by atoms with Gasteiger partial charge in [0.15, 0.2) is 0 Å². The molecule has 1 unspecified atom stereocenters. The number of fused-ring (bicyclic) bond motifs is 8. The lowest BCUT2D eigenvalue weighted by Gasteiger charge is -2.17. The molecule has 2 aromatic rings. The van der Waals surface area contributed by atoms with E-state index in [1.165, 1.54) is 71.9 Å². The van der Waals surface area contributed by atoms with Crippen molar-refractivity contribution in [1.29, 1.82) is 0 Å². The first kappa shape index (κ1) is 20.7. The lowest BCUT2D eigenvalue weighted by Crippen LogP contribution is -2.05. The van der Waals surface area contributed by atoms with Crippen molar-refractivity contribution < 1.29 is 0 Å².